The Bertz CT molecular complexity index is 1080. The lowest BCUT2D eigenvalue weighted by atomic mass is 10.0. The molecule has 0 spiro atoms. The molecule has 0 aliphatic carbocycles. The van der Waals surface area contributed by atoms with E-state index in [1.807, 2.05) is 54.6 Å². The van der Waals surface area contributed by atoms with Crippen LogP contribution in [0.5, 0.6) is 5.75 Å². The van der Waals surface area contributed by atoms with E-state index in [0.29, 0.717) is 17.9 Å². The molecular weight excluding hydrogens is 418 g/mol. The fourth-order valence-electron chi connectivity index (χ4n) is 3.24. The van der Waals surface area contributed by atoms with Gasteiger partial charge in [0.25, 0.3) is 0 Å². The summed E-state index contributed by atoms with van der Waals surface area (Å²) in [7, 11) is 1.57. The Morgan fingerprint density at radius 2 is 1.67 bits per heavy atom. The van der Waals surface area contributed by atoms with Crippen LogP contribution in [0.25, 0.3) is 11.1 Å². The molecule has 3 aromatic rings. The first kappa shape index (κ1) is 23.8. The first-order valence-electron chi connectivity index (χ1n) is 10.7. The number of nitrogens with zero attached hydrogens (tertiary/aromatic N) is 1. The predicted octanol–water partition coefficient (Wildman–Crippen LogP) is 4.83. The molecule has 0 fully saturated rings. The Kier molecular flexibility index (Phi) is 7.66. The van der Waals surface area contributed by atoms with Gasteiger partial charge in [-0.15, -0.1) is 0 Å². The van der Waals surface area contributed by atoms with Gasteiger partial charge >= 0.3 is 6.09 Å². The van der Waals surface area contributed by atoms with Gasteiger partial charge in [-0.05, 0) is 61.7 Å². The van der Waals surface area contributed by atoms with Crippen LogP contribution >= 0.6 is 0 Å². The normalized spacial score (nSPS) is 11.9. The van der Waals surface area contributed by atoms with Gasteiger partial charge < -0.3 is 20.1 Å². The van der Waals surface area contributed by atoms with Crippen molar-refractivity contribution in [1.82, 2.24) is 10.3 Å². The molecule has 0 aliphatic rings. The minimum absolute atomic E-state index is 0.313. The number of aromatic nitrogens is 1. The largest absolute Gasteiger partial charge is 0.497 e. The Morgan fingerprint density at radius 1 is 0.970 bits per heavy atom. The Labute approximate surface area is 194 Å². The predicted molar refractivity (Wildman–Crippen MR) is 128 cm³/mol. The zero-order chi connectivity index (χ0) is 23.8. The highest BCUT2D eigenvalue weighted by atomic mass is 16.6. The summed E-state index contributed by atoms with van der Waals surface area (Å²) in [5.74, 6) is 0.234. The van der Waals surface area contributed by atoms with Gasteiger partial charge in [-0.2, -0.15) is 0 Å². The van der Waals surface area contributed by atoms with Crippen molar-refractivity contribution in [2.45, 2.75) is 38.8 Å². The van der Waals surface area contributed by atoms with E-state index in [4.69, 9.17) is 9.47 Å². The zero-order valence-electron chi connectivity index (χ0n) is 19.3. The van der Waals surface area contributed by atoms with Crippen molar-refractivity contribution in [2.24, 2.45) is 0 Å². The third-order valence-corrected chi connectivity index (χ3v) is 4.71. The second kappa shape index (κ2) is 10.6. The Hall–Kier alpha value is -3.87. The minimum Gasteiger partial charge on any atom is -0.497 e. The molecule has 2 aromatic carbocycles. The summed E-state index contributed by atoms with van der Waals surface area (Å²) in [5, 5.41) is 5.61. The van der Waals surface area contributed by atoms with Crippen LogP contribution in [0.15, 0.2) is 73.1 Å². The number of methoxy groups -OCH3 is 1. The molecule has 0 radical (unpaired) electrons. The molecule has 0 aliphatic heterocycles. The quantitative estimate of drug-likeness (QED) is 0.541. The number of amides is 2. The average molecular weight is 448 g/mol. The molecule has 1 atom stereocenters. The number of alkyl carbamates (subject to hydrolysis) is 1. The SMILES string of the molecule is COc1cc(NC(=O)[C@H](Cc2ccccc2)NC(=O)OC(C)(C)C)cc(-c2ccncc2)c1. The molecule has 1 aromatic heterocycles. The van der Waals surface area contributed by atoms with Gasteiger partial charge in [0.1, 0.15) is 17.4 Å². The monoisotopic (exact) mass is 447 g/mol. The lowest BCUT2D eigenvalue weighted by Gasteiger charge is -2.23. The average Bonchev–Trinajstić information content (AvgIpc) is 2.78. The molecule has 7 heteroatoms. The summed E-state index contributed by atoms with van der Waals surface area (Å²) < 4.78 is 10.8. The summed E-state index contributed by atoms with van der Waals surface area (Å²) in [6.45, 7) is 5.32. The van der Waals surface area contributed by atoms with Crippen molar-refractivity contribution in [1.29, 1.82) is 0 Å². The molecule has 2 N–H and O–H groups in total. The molecule has 0 saturated heterocycles. The van der Waals surface area contributed by atoms with Gasteiger partial charge in [0, 0.05) is 30.6 Å². The van der Waals surface area contributed by atoms with Gasteiger partial charge in [0.05, 0.1) is 7.11 Å². The van der Waals surface area contributed by atoms with Crippen LogP contribution in [0.2, 0.25) is 0 Å². The van der Waals surface area contributed by atoms with E-state index in [1.165, 1.54) is 0 Å². The van der Waals surface area contributed by atoms with Crippen LogP contribution < -0.4 is 15.4 Å². The first-order chi connectivity index (χ1) is 15.7. The molecule has 33 heavy (non-hydrogen) atoms. The summed E-state index contributed by atoms with van der Waals surface area (Å²) in [6.07, 6.45) is 3.07. The van der Waals surface area contributed by atoms with Crippen molar-refractivity contribution < 1.29 is 19.1 Å². The first-order valence-corrected chi connectivity index (χ1v) is 10.7. The van der Waals surface area contributed by atoms with Crippen molar-refractivity contribution in [3.05, 3.63) is 78.6 Å². The van der Waals surface area contributed by atoms with Crippen LogP contribution in [0.3, 0.4) is 0 Å². The number of pyridine rings is 1. The second-order valence-electron chi connectivity index (χ2n) is 8.56. The third kappa shape index (κ3) is 7.35. The van der Waals surface area contributed by atoms with Crippen molar-refractivity contribution in [2.75, 3.05) is 12.4 Å². The number of ether oxygens (including phenoxy) is 2. The van der Waals surface area contributed by atoms with E-state index in [1.54, 1.807) is 46.3 Å². The molecule has 3 rings (SSSR count). The topological polar surface area (TPSA) is 89.6 Å². The van der Waals surface area contributed by atoms with E-state index < -0.39 is 17.7 Å². The van der Waals surface area contributed by atoms with E-state index in [9.17, 15) is 9.59 Å². The number of anilines is 1. The smallest absolute Gasteiger partial charge is 0.408 e. The molecule has 2 amide bonds. The van der Waals surface area contributed by atoms with Crippen LogP contribution in [0.1, 0.15) is 26.3 Å². The summed E-state index contributed by atoms with van der Waals surface area (Å²) in [4.78, 5) is 29.7. The fourth-order valence-corrected chi connectivity index (χ4v) is 3.24. The molecule has 0 bridgehead atoms. The van der Waals surface area contributed by atoms with Gasteiger partial charge in [-0.3, -0.25) is 9.78 Å². The highest BCUT2D eigenvalue weighted by Crippen LogP contribution is 2.28. The summed E-state index contributed by atoms with van der Waals surface area (Å²) >= 11 is 0. The van der Waals surface area contributed by atoms with Gasteiger partial charge in [0.15, 0.2) is 0 Å². The van der Waals surface area contributed by atoms with Crippen molar-refractivity contribution in [3.8, 4) is 16.9 Å². The van der Waals surface area contributed by atoms with E-state index in [2.05, 4.69) is 15.6 Å². The molecule has 0 unspecified atom stereocenters. The van der Waals surface area contributed by atoms with Crippen LogP contribution in [0.4, 0.5) is 10.5 Å². The summed E-state index contributed by atoms with van der Waals surface area (Å²) in [6, 6.07) is 17.9. The lowest BCUT2D eigenvalue weighted by Crippen LogP contribution is -2.47. The maximum Gasteiger partial charge on any atom is 0.408 e. The second-order valence-corrected chi connectivity index (χ2v) is 8.56. The van der Waals surface area contributed by atoms with Crippen molar-refractivity contribution in [3.63, 3.8) is 0 Å². The van der Waals surface area contributed by atoms with Crippen LogP contribution in [-0.2, 0) is 16.0 Å². The molecular formula is C26H29N3O4. The molecule has 0 saturated carbocycles. The zero-order valence-corrected chi connectivity index (χ0v) is 19.3. The van der Waals surface area contributed by atoms with Crippen LogP contribution in [0, 0.1) is 0 Å². The highest BCUT2D eigenvalue weighted by molar-refractivity contribution is 5.97. The number of carbonyl (C=O) groups is 2. The van der Waals surface area contributed by atoms with Gasteiger partial charge in [-0.25, -0.2) is 4.79 Å². The number of benzene rings is 2. The van der Waals surface area contributed by atoms with E-state index in [0.717, 1.165) is 16.7 Å². The fraction of sp³-hybridized carbons (Fsp3) is 0.269. The van der Waals surface area contributed by atoms with Gasteiger partial charge in [0.2, 0.25) is 5.91 Å². The highest BCUT2D eigenvalue weighted by Gasteiger charge is 2.25. The summed E-state index contributed by atoms with van der Waals surface area (Å²) in [5.41, 5.74) is 2.59. The maximum absolute atomic E-state index is 13.2. The molecule has 172 valence electrons. The number of hydrogen-bond acceptors (Lipinski definition) is 5. The number of rotatable bonds is 7. The minimum atomic E-state index is -0.835. The Morgan fingerprint density at radius 3 is 2.30 bits per heavy atom. The number of nitrogens with one attached hydrogen (secondary N) is 2. The molecule has 1 heterocycles. The molecule has 7 nitrogen and oxygen atoms in total. The van der Waals surface area contributed by atoms with Gasteiger partial charge in [-0.1, -0.05) is 30.3 Å². The Balaban J connectivity index is 1.84. The maximum atomic E-state index is 13.2. The van der Waals surface area contributed by atoms with Crippen LogP contribution in [-0.4, -0.2) is 35.7 Å². The standard InChI is InChI=1S/C26H29N3O4/c1-26(2,3)33-25(31)29-23(14-18-8-6-5-7-9-18)24(30)28-21-15-20(16-22(17-21)32-4)19-10-12-27-13-11-19/h5-13,15-17,23H,14H2,1-4H3,(H,28,30)(H,29,31)/t23-/m0/s1. The van der Waals surface area contributed by atoms with E-state index in [-0.39, 0.29) is 5.91 Å². The lowest BCUT2D eigenvalue weighted by molar-refractivity contribution is -0.118. The number of hydrogen-bond donors (Lipinski definition) is 2. The van der Waals surface area contributed by atoms with Crippen molar-refractivity contribution >= 4 is 17.7 Å². The number of carbonyl (C=O) groups excluding carboxylic acids is 2. The third-order valence-electron chi connectivity index (χ3n) is 4.71. The van der Waals surface area contributed by atoms with E-state index >= 15 is 0 Å².